The van der Waals surface area contributed by atoms with E-state index in [1.54, 1.807) is 19.2 Å². The molecule has 0 bridgehead atoms. The van der Waals surface area contributed by atoms with Gasteiger partial charge in [-0.05, 0) is 59.5 Å². The highest BCUT2D eigenvalue weighted by molar-refractivity contribution is 5.94. The number of hydrogen-bond donors (Lipinski definition) is 0. The van der Waals surface area contributed by atoms with Crippen molar-refractivity contribution in [2.75, 3.05) is 46.9 Å². The van der Waals surface area contributed by atoms with Crippen LogP contribution in [0.5, 0.6) is 5.75 Å². The van der Waals surface area contributed by atoms with Crippen molar-refractivity contribution < 1.29 is 23.8 Å². The molecule has 0 radical (unpaired) electrons. The molecule has 0 aromatic heterocycles. The van der Waals surface area contributed by atoms with E-state index in [1.807, 2.05) is 65.6 Å². The molecule has 0 N–H and O–H groups in total. The Kier molecular flexibility index (Phi) is 9.51. The van der Waals surface area contributed by atoms with Crippen molar-refractivity contribution in [3.63, 3.8) is 0 Å². The number of aryl methyl sites for hydroxylation is 1. The van der Waals surface area contributed by atoms with Crippen LogP contribution < -0.4 is 4.74 Å². The third-order valence-corrected chi connectivity index (χ3v) is 6.98. The van der Waals surface area contributed by atoms with Gasteiger partial charge in [-0.1, -0.05) is 43.3 Å². The number of methoxy groups -OCH3 is 2. The number of nitrogens with zero attached hydrogens (tertiary/aromatic N) is 2. The molecule has 1 aliphatic rings. The Hall–Kier alpha value is -3.68. The largest absolute Gasteiger partial charge is 0.497 e. The zero-order chi connectivity index (χ0) is 26.9. The fourth-order valence-electron chi connectivity index (χ4n) is 4.58. The Balaban J connectivity index is 1.39. The molecule has 1 saturated heterocycles. The van der Waals surface area contributed by atoms with E-state index in [0.717, 1.165) is 42.0 Å². The van der Waals surface area contributed by atoms with Gasteiger partial charge in [0.25, 0.3) is 5.91 Å². The predicted molar refractivity (Wildman–Crippen MR) is 146 cm³/mol. The van der Waals surface area contributed by atoms with Gasteiger partial charge in [0, 0.05) is 38.3 Å². The van der Waals surface area contributed by atoms with Crippen molar-refractivity contribution in [2.24, 2.45) is 0 Å². The van der Waals surface area contributed by atoms with E-state index in [2.05, 4.69) is 11.8 Å². The first-order chi connectivity index (χ1) is 18.5. The SMILES string of the molecule is CCc1ccc(C(=O)N2CCN(C[C@@H](OCc3ccc(C(=O)OC)cc3)c3cccc(OC)c3)CC2)cc1. The average Bonchev–Trinajstić information content (AvgIpc) is 2.99. The van der Waals surface area contributed by atoms with E-state index < -0.39 is 0 Å². The van der Waals surface area contributed by atoms with Crippen LogP contribution in [0, 0.1) is 0 Å². The van der Waals surface area contributed by atoms with E-state index in [4.69, 9.17) is 14.2 Å². The molecular weight excluding hydrogens is 480 g/mol. The van der Waals surface area contributed by atoms with E-state index in [9.17, 15) is 9.59 Å². The van der Waals surface area contributed by atoms with Crippen molar-refractivity contribution in [1.82, 2.24) is 9.80 Å². The van der Waals surface area contributed by atoms with Crippen molar-refractivity contribution in [3.8, 4) is 5.75 Å². The van der Waals surface area contributed by atoms with Crippen molar-refractivity contribution in [1.29, 1.82) is 0 Å². The fraction of sp³-hybridized carbons (Fsp3) is 0.355. The van der Waals surface area contributed by atoms with E-state index >= 15 is 0 Å². The Morgan fingerprint density at radius 3 is 2.13 bits per heavy atom. The number of rotatable bonds is 10. The molecule has 3 aromatic rings. The monoisotopic (exact) mass is 516 g/mol. The smallest absolute Gasteiger partial charge is 0.337 e. The summed E-state index contributed by atoms with van der Waals surface area (Å²) in [7, 11) is 3.03. The topological polar surface area (TPSA) is 68.3 Å². The number of benzene rings is 3. The zero-order valence-electron chi connectivity index (χ0n) is 22.4. The minimum Gasteiger partial charge on any atom is -0.497 e. The van der Waals surface area contributed by atoms with Crippen molar-refractivity contribution >= 4 is 11.9 Å². The normalized spacial score (nSPS) is 14.7. The van der Waals surface area contributed by atoms with Crippen LogP contribution in [0.2, 0.25) is 0 Å². The van der Waals surface area contributed by atoms with Crippen LogP contribution in [-0.2, 0) is 22.5 Å². The molecule has 200 valence electrons. The highest BCUT2D eigenvalue weighted by atomic mass is 16.5. The van der Waals surface area contributed by atoms with Crippen molar-refractivity contribution in [3.05, 3.63) is 101 Å². The first kappa shape index (κ1) is 27.4. The number of amides is 1. The lowest BCUT2D eigenvalue weighted by Crippen LogP contribution is -2.49. The number of esters is 1. The summed E-state index contributed by atoms with van der Waals surface area (Å²) in [5.41, 5.74) is 4.48. The molecule has 1 aliphatic heterocycles. The number of ether oxygens (including phenoxy) is 3. The molecule has 7 nitrogen and oxygen atoms in total. The summed E-state index contributed by atoms with van der Waals surface area (Å²) in [5.74, 6) is 0.508. The summed E-state index contributed by atoms with van der Waals surface area (Å²) in [6, 6.07) is 23.1. The summed E-state index contributed by atoms with van der Waals surface area (Å²) >= 11 is 0. The maximum Gasteiger partial charge on any atom is 0.337 e. The first-order valence-electron chi connectivity index (χ1n) is 13.0. The molecule has 0 saturated carbocycles. The van der Waals surface area contributed by atoms with E-state index in [1.165, 1.54) is 12.7 Å². The van der Waals surface area contributed by atoms with E-state index in [0.29, 0.717) is 31.8 Å². The lowest BCUT2D eigenvalue weighted by molar-refractivity contribution is 0.00331. The summed E-state index contributed by atoms with van der Waals surface area (Å²) < 4.78 is 16.6. The Morgan fingerprint density at radius 2 is 1.50 bits per heavy atom. The van der Waals surface area contributed by atoms with Gasteiger partial charge >= 0.3 is 5.97 Å². The van der Waals surface area contributed by atoms with Crippen LogP contribution in [0.25, 0.3) is 0 Å². The van der Waals surface area contributed by atoms with Gasteiger partial charge in [0.2, 0.25) is 0 Å². The Morgan fingerprint density at radius 1 is 0.842 bits per heavy atom. The molecule has 0 unspecified atom stereocenters. The van der Waals surface area contributed by atoms with Gasteiger partial charge in [-0.15, -0.1) is 0 Å². The zero-order valence-corrected chi connectivity index (χ0v) is 22.4. The number of carbonyl (C=O) groups is 2. The van der Waals surface area contributed by atoms with Crippen LogP contribution in [0.3, 0.4) is 0 Å². The van der Waals surface area contributed by atoms with Gasteiger partial charge in [0.15, 0.2) is 0 Å². The molecule has 1 amide bonds. The molecule has 3 aromatic carbocycles. The summed E-state index contributed by atoms with van der Waals surface area (Å²) in [6.07, 6.45) is 0.775. The molecular formula is C31H36N2O5. The molecule has 1 atom stereocenters. The Labute approximate surface area is 224 Å². The van der Waals surface area contributed by atoms with Gasteiger partial charge in [-0.25, -0.2) is 4.79 Å². The number of piperazine rings is 1. The lowest BCUT2D eigenvalue weighted by atomic mass is 10.1. The minimum absolute atomic E-state index is 0.0864. The predicted octanol–water partition coefficient (Wildman–Crippen LogP) is 4.76. The molecule has 1 heterocycles. The molecule has 0 aliphatic carbocycles. The molecule has 4 rings (SSSR count). The van der Waals surface area contributed by atoms with Gasteiger partial charge in [-0.3, -0.25) is 9.69 Å². The van der Waals surface area contributed by atoms with Crippen LogP contribution in [-0.4, -0.2) is 68.6 Å². The maximum absolute atomic E-state index is 13.0. The van der Waals surface area contributed by atoms with Crippen LogP contribution >= 0.6 is 0 Å². The lowest BCUT2D eigenvalue weighted by Gasteiger charge is -2.36. The summed E-state index contributed by atoms with van der Waals surface area (Å²) in [5, 5.41) is 0. The highest BCUT2D eigenvalue weighted by Gasteiger charge is 2.25. The molecule has 38 heavy (non-hydrogen) atoms. The molecule has 7 heteroatoms. The van der Waals surface area contributed by atoms with Crippen LogP contribution in [0.1, 0.15) is 50.4 Å². The number of hydrogen-bond acceptors (Lipinski definition) is 6. The summed E-state index contributed by atoms with van der Waals surface area (Å²) in [6.45, 7) is 6.10. The summed E-state index contributed by atoms with van der Waals surface area (Å²) in [4.78, 5) is 29.0. The van der Waals surface area contributed by atoms with Gasteiger partial charge in [0.05, 0.1) is 32.5 Å². The van der Waals surface area contributed by atoms with Gasteiger partial charge in [-0.2, -0.15) is 0 Å². The van der Waals surface area contributed by atoms with Crippen LogP contribution in [0.4, 0.5) is 0 Å². The first-order valence-corrected chi connectivity index (χ1v) is 13.0. The van der Waals surface area contributed by atoms with Crippen molar-refractivity contribution in [2.45, 2.75) is 26.1 Å². The van der Waals surface area contributed by atoms with Crippen LogP contribution in [0.15, 0.2) is 72.8 Å². The van der Waals surface area contributed by atoms with E-state index in [-0.39, 0.29) is 18.0 Å². The second-order valence-corrected chi connectivity index (χ2v) is 9.41. The van der Waals surface area contributed by atoms with Gasteiger partial charge < -0.3 is 19.1 Å². The molecule has 1 fully saturated rings. The highest BCUT2D eigenvalue weighted by Crippen LogP contribution is 2.25. The second-order valence-electron chi connectivity index (χ2n) is 9.41. The Bertz CT molecular complexity index is 1200. The maximum atomic E-state index is 13.0. The number of carbonyl (C=O) groups excluding carboxylic acids is 2. The third-order valence-electron chi connectivity index (χ3n) is 6.98. The molecule has 0 spiro atoms. The average molecular weight is 517 g/mol. The third kappa shape index (κ3) is 7.00. The van der Waals surface area contributed by atoms with Gasteiger partial charge in [0.1, 0.15) is 5.75 Å². The minimum atomic E-state index is -0.359. The second kappa shape index (κ2) is 13.2. The standard InChI is InChI=1S/C31H36N2O5/c1-4-23-8-12-25(13-9-23)30(34)33-18-16-32(17-19-33)21-29(27-6-5-7-28(20-27)36-2)38-22-24-10-14-26(15-11-24)31(35)37-3/h5-15,20,29H,4,16-19,21-22H2,1-3H3/t29-/m1/s1. The fourth-order valence-corrected chi connectivity index (χ4v) is 4.58. The quantitative estimate of drug-likeness (QED) is 0.362.